The summed E-state index contributed by atoms with van der Waals surface area (Å²) in [5, 5.41) is 6.92. The van der Waals surface area contributed by atoms with Gasteiger partial charge in [0.25, 0.3) is 0 Å². The zero-order valence-corrected chi connectivity index (χ0v) is 15.4. The third-order valence-corrected chi connectivity index (χ3v) is 4.70. The Kier molecular flexibility index (Phi) is 4.07. The molecule has 5 nitrogen and oxygen atoms in total. The van der Waals surface area contributed by atoms with E-state index in [4.69, 9.17) is 16.0 Å². The molecule has 5 rings (SSSR count). The van der Waals surface area contributed by atoms with Gasteiger partial charge in [-0.15, -0.1) is 0 Å². The second-order valence-electron chi connectivity index (χ2n) is 6.33. The Morgan fingerprint density at radius 3 is 2.57 bits per heavy atom. The van der Waals surface area contributed by atoms with Gasteiger partial charge in [-0.05, 0) is 48.5 Å². The number of hydrogen-bond acceptors (Lipinski definition) is 4. The van der Waals surface area contributed by atoms with Crippen molar-refractivity contribution in [2.45, 2.75) is 0 Å². The number of H-pyrrole nitrogens is 1. The van der Waals surface area contributed by atoms with Crippen LogP contribution in [0.15, 0.2) is 88.4 Å². The molecule has 0 atom stereocenters. The van der Waals surface area contributed by atoms with Gasteiger partial charge in [-0.1, -0.05) is 35.9 Å². The van der Waals surface area contributed by atoms with Crippen LogP contribution in [-0.2, 0) is 0 Å². The van der Waals surface area contributed by atoms with Gasteiger partial charge in [0.05, 0.1) is 16.4 Å². The Balaban J connectivity index is 1.62. The molecule has 0 aliphatic carbocycles. The third-order valence-electron chi connectivity index (χ3n) is 4.45. The predicted molar refractivity (Wildman–Crippen MR) is 112 cm³/mol. The third kappa shape index (κ3) is 3.12. The maximum atomic E-state index is 6.07. The molecule has 0 saturated carbocycles. The molecule has 0 aliphatic rings. The maximum Gasteiger partial charge on any atom is 0.222 e. The molecule has 0 unspecified atom stereocenters. The molecule has 2 N–H and O–H groups in total. The lowest BCUT2D eigenvalue weighted by atomic mass is 10.1. The zero-order chi connectivity index (χ0) is 18.9. The number of hydrogen-bond donors (Lipinski definition) is 2. The summed E-state index contributed by atoms with van der Waals surface area (Å²) in [6.45, 7) is 0. The molecule has 0 radical (unpaired) electrons. The van der Waals surface area contributed by atoms with Crippen molar-refractivity contribution < 1.29 is 4.42 Å². The standard InChI is InChI=1S/C22H15ClN4O/c23-15-11-9-14(10-12-15)21-13-19(16-5-1-4-8-20(16)28-21)26-27-22-24-17-6-2-3-7-18(17)25-22/h1-13H,(H2,24,25,27). The lowest BCUT2D eigenvalue weighted by Crippen LogP contribution is -2.07. The molecule has 0 saturated heterocycles. The number of rotatable bonds is 3. The normalized spacial score (nSPS) is 12.0. The van der Waals surface area contributed by atoms with Crippen LogP contribution in [0.3, 0.4) is 0 Å². The van der Waals surface area contributed by atoms with Gasteiger partial charge in [-0.25, -0.2) is 10.4 Å². The number of imidazole rings is 1. The van der Waals surface area contributed by atoms with Crippen LogP contribution in [0.5, 0.6) is 0 Å². The summed E-state index contributed by atoms with van der Waals surface area (Å²) < 4.78 is 6.07. The van der Waals surface area contributed by atoms with Crippen LogP contribution in [0, 0.1) is 0 Å². The van der Waals surface area contributed by atoms with Crippen LogP contribution in [-0.4, -0.2) is 9.97 Å². The molecule has 0 fully saturated rings. The van der Waals surface area contributed by atoms with E-state index in [1.54, 1.807) is 0 Å². The maximum absolute atomic E-state index is 6.07. The second kappa shape index (κ2) is 6.87. The summed E-state index contributed by atoms with van der Waals surface area (Å²) in [4.78, 5) is 7.71. The number of nitrogens with one attached hydrogen (secondary N) is 2. The number of benzene rings is 3. The highest BCUT2D eigenvalue weighted by Gasteiger charge is 2.06. The Labute approximate surface area is 165 Å². The minimum absolute atomic E-state index is 0.583. The number of nitrogens with zero attached hydrogens (tertiary/aromatic N) is 2. The van der Waals surface area contributed by atoms with Gasteiger partial charge in [0.1, 0.15) is 11.3 Å². The summed E-state index contributed by atoms with van der Waals surface area (Å²) >= 11 is 6.01. The van der Waals surface area contributed by atoms with Crippen molar-refractivity contribution in [3.05, 3.63) is 89.2 Å². The molecule has 3 aromatic carbocycles. The van der Waals surface area contributed by atoms with Crippen molar-refractivity contribution in [2.24, 2.45) is 5.10 Å². The highest BCUT2D eigenvalue weighted by molar-refractivity contribution is 6.30. The van der Waals surface area contributed by atoms with Gasteiger partial charge in [-0.3, -0.25) is 0 Å². The van der Waals surface area contributed by atoms with E-state index in [1.807, 2.05) is 78.9 Å². The summed E-state index contributed by atoms with van der Waals surface area (Å²) in [5.74, 6) is 1.29. The first-order valence-corrected chi connectivity index (χ1v) is 9.17. The van der Waals surface area contributed by atoms with Crippen molar-refractivity contribution in [1.82, 2.24) is 9.97 Å². The zero-order valence-electron chi connectivity index (χ0n) is 14.7. The van der Waals surface area contributed by atoms with Gasteiger partial charge in [-0.2, -0.15) is 5.10 Å². The molecule has 2 heterocycles. The van der Waals surface area contributed by atoms with Crippen LogP contribution in [0.2, 0.25) is 5.02 Å². The van der Waals surface area contributed by atoms with E-state index in [2.05, 4.69) is 20.5 Å². The lowest BCUT2D eigenvalue weighted by Gasteiger charge is -2.05. The summed E-state index contributed by atoms with van der Waals surface area (Å²) in [6, 6.07) is 25.1. The fourth-order valence-electron chi connectivity index (χ4n) is 3.08. The van der Waals surface area contributed by atoms with Gasteiger partial charge < -0.3 is 9.40 Å². The number of halogens is 1. The number of aromatic amines is 1. The first-order chi connectivity index (χ1) is 13.8. The minimum Gasteiger partial charge on any atom is -0.456 e. The molecule has 0 bridgehead atoms. The van der Waals surface area contributed by atoms with E-state index in [0.29, 0.717) is 16.7 Å². The largest absolute Gasteiger partial charge is 0.456 e. The molecule has 28 heavy (non-hydrogen) atoms. The molecule has 0 aliphatic heterocycles. The molecule has 5 aromatic rings. The van der Waals surface area contributed by atoms with Gasteiger partial charge in [0.2, 0.25) is 5.95 Å². The molecule has 0 amide bonds. The Morgan fingerprint density at radius 2 is 1.71 bits per heavy atom. The van der Waals surface area contributed by atoms with E-state index in [0.717, 1.165) is 32.9 Å². The van der Waals surface area contributed by atoms with E-state index in [9.17, 15) is 0 Å². The predicted octanol–water partition coefficient (Wildman–Crippen LogP) is 5.56. The smallest absolute Gasteiger partial charge is 0.222 e. The van der Waals surface area contributed by atoms with Crippen molar-refractivity contribution in [3.8, 4) is 11.3 Å². The van der Waals surface area contributed by atoms with Crippen molar-refractivity contribution >= 4 is 39.6 Å². The van der Waals surface area contributed by atoms with E-state index in [1.165, 1.54) is 0 Å². The van der Waals surface area contributed by atoms with Crippen LogP contribution >= 0.6 is 11.6 Å². The highest BCUT2D eigenvalue weighted by atomic mass is 35.5. The van der Waals surface area contributed by atoms with Gasteiger partial charge >= 0.3 is 0 Å². The number of anilines is 1. The van der Waals surface area contributed by atoms with Crippen LogP contribution < -0.4 is 10.8 Å². The molecular formula is C22H15ClN4O. The first kappa shape index (κ1) is 16.6. The fraction of sp³-hybridized carbons (Fsp3) is 0. The van der Waals surface area contributed by atoms with Crippen LogP contribution in [0.25, 0.3) is 33.3 Å². The lowest BCUT2D eigenvalue weighted by molar-refractivity contribution is 0.618. The highest BCUT2D eigenvalue weighted by Crippen LogP contribution is 2.23. The average Bonchev–Trinajstić information content (AvgIpc) is 3.15. The van der Waals surface area contributed by atoms with E-state index in [-0.39, 0.29) is 0 Å². The topological polar surface area (TPSA) is 66.2 Å². The minimum atomic E-state index is 0.583. The Morgan fingerprint density at radius 1 is 0.929 bits per heavy atom. The molecule has 2 aromatic heterocycles. The van der Waals surface area contributed by atoms with Crippen molar-refractivity contribution in [2.75, 3.05) is 5.43 Å². The summed E-state index contributed by atoms with van der Waals surface area (Å²) in [5.41, 5.74) is 6.54. The quantitative estimate of drug-likeness (QED) is 0.399. The fourth-order valence-corrected chi connectivity index (χ4v) is 3.21. The summed E-state index contributed by atoms with van der Waals surface area (Å²) in [6.07, 6.45) is 0. The Bertz CT molecular complexity index is 1320. The van der Waals surface area contributed by atoms with Crippen molar-refractivity contribution in [3.63, 3.8) is 0 Å². The number of fused-ring (bicyclic) bond motifs is 2. The molecule has 0 spiro atoms. The van der Waals surface area contributed by atoms with Gasteiger partial charge in [0, 0.05) is 22.0 Å². The van der Waals surface area contributed by atoms with Crippen molar-refractivity contribution in [1.29, 1.82) is 0 Å². The Hall–Kier alpha value is -3.57. The molecule has 6 heteroatoms. The molecular weight excluding hydrogens is 372 g/mol. The monoisotopic (exact) mass is 386 g/mol. The van der Waals surface area contributed by atoms with Gasteiger partial charge in [0.15, 0.2) is 0 Å². The SMILES string of the molecule is Clc1ccc(-c2cc(=NNc3nc4ccccc4[nH]3)c3ccccc3o2)cc1. The van der Waals surface area contributed by atoms with Crippen LogP contribution in [0.1, 0.15) is 0 Å². The first-order valence-electron chi connectivity index (χ1n) is 8.80. The second-order valence-corrected chi connectivity index (χ2v) is 6.76. The molecule has 136 valence electrons. The number of aromatic nitrogens is 2. The van der Waals surface area contributed by atoms with E-state index >= 15 is 0 Å². The number of para-hydroxylation sites is 3. The average molecular weight is 387 g/mol. The summed E-state index contributed by atoms with van der Waals surface area (Å²) in [7, 11) is 0. The van der Waals surface area contributed by atoms with Crippen LogP contribution in [0.4, 0.5) is 5.95 Å². The van der Waals surface area contributed by atoms with E-state index < -0.39 is 0 Å².